The molecule has 0 aromatic heterocycles. The Hall–Kier alpha value is -4.54. The molecule has 0 unspecified atom stereocenters. The third kappa shape index (κ3) is 9.42. The Morgan fingerprint density at radius 3 is 1.80 bits per heavy atom. The van der Waals surface area contributed by atoms with Crippen LogP contribution in [0.1, 0.15) is 81.5 Å². The number of aryl methyl sites for hydroxylation is 1. The van der Waals surface area contributed by atoms with E-state index in [0.717, 1.165) is 65.4 Å². The second-order valence-electron chi connectivity index (χ2n) is 15.0. The van der Waals surface area contributed by atoms with E-state index in [0.29, 0.717) is 6.42 Å². The summed E-state index contributed by atoms with van der Waals surface area (Å²) >= 11 is 1.75. The molecule has 6 rings (SSSR count). The van der Waals surface area contributed by atoms with Crippen LogP contribution in [0, 0.1) is 5.41 Å². The summed E-state index contributed by atoms with van der Waals surface area (Å²) in [4.78, 5) is 19.5. The van der Waals surface area contributed by atoms with Gasteiger partial charge in [0.25, 0.3) is 0 Å². The Morgan fingerprint density at radius 2 is 1.25 bits per heavy atom. The minimum absolute atomic E-state index is 0.166. The number of cyclic esters (lactones) is 1. The molecule has 0 aliphatic carbocycles. The molecule has 3 nitrogen and oxygen atoms in total. The van der Waals surface area contributed by atoms with Gasteiger partial charge < -0.3 is 9.64 Å². The lowest BCUT2D eigenvalue weighted by Crippen LogP contribution is -2.42. The van der Waals surface area contributed by atoms with Crippen molar-refractivity contribution in [2.75, 3.05) is 4.90 Å². The first-order chi connectivity index (χ1) is 24.7. The third-order valence-corrected chi connectivity index (χ3v) is 11.0. The molecule has 4 heteroatoms. The van der Waals surface area contributed by atoms with Crippen LogP contribution in [-0.4, -0.2) is 11.6 Å². The number of hydrogen-bond acceptors (Lipinski definition) is 4. The number of thioether (sulfide) groups is 1. The van der Waals surface area contributed by atoms with E-state index in [4.69, 9.17) is 4.74 Å². The average molecular weight is 694 g/mol. The second kappa shape index (κ2) is 16.7. The molecule has 1 heterocycles. The van der Waals surface area contributed by atoms with Crippen molar-refractivity contribution >= 4 is 23.4 Å². The molecule has 5 aromatic carbocycles. The maximum atomic E-state index is 14.8. The molecule has 1 aliphatic rings. The van der Waals surface area contributed by atoms with Crippen LogP contribution < -0.4 is 4.90 Å². The van der Waals surface area contributed by atoms with Gasteiger partial charge in [-0.05, 0) is 71.2 Å². The molecule has 51 heavy (non-hydrogen) atoms. The monoisotopic (exact) mass is 693 g/mol. The normalized spacial score (nSPS) is 16.8. The van der Waals surface area contributed by atoms with Gasteiger partial charge in [-0.25, -0.2) is 4.79 Å². The van der Waals surface area contributed by atoms with Crippen LogP contribution in [0.3, 0.4) is 0 Å². The minimum atomic E-state index is -0.547. The van der Waals surface area contributed by atoms with Gasteiger partial charge in [0.15, 0.2) is 0 Å². The molecule has 1 aliphatic heterocycles. The number of rotatable bonds is 14. The quantitative estimate of drug-likeness (QED) is 0.108. The van der Waals surface area contributed by atoms with E-state index in [2.05, 4.69) is 178 Å². The van der Waals surface area contributed by atoms with Gasteiger partial charge in [-0.15, -0.1) is 0 Å². The van der Waals surface area contributed by atoms with Crippen molar-refractivity contribution in [2.45, 2.75) is 89.3 Å². The van der Waals surface area contributed by atoms with Crippen molar-refractivity contribution < 1.29 is 9.53 Å². The smallest absolute Gasteiger partial charge is 0.336 e. The molecule has 0 radical (unpaired) electrons. The molecule has 0 saturated heterocycles. The molecule has 0 bridgehead atoms. The molecule has 0 N–H and O–H groups in total. The van der Waals surface area contributed by atoms with E-state index in [1.165, 1.54) is 16.7 Å². The second-order valence-corrected chi connectivity index (χ2v) is 16.1. The molecule has 0 amide bonds. The van der Waals surface area contributed by atoms with Crippen molar-refractivity contribution in [1.29, 1.82) is 0 Å². The Kier molecular flexibility index (Phi) is 11.8. The predicted octanol–water partition coefficient (Wildman–Crippen LogP) is 12.2. The van der Waals surface area contributed by atoms with E-state index in [1.807, 2.05) is 0 Å². The van der Waals surface area contributed by atoms with Crippen LogP contribution in [0.25, 0.3) is 0 Å². The van der Waals surface area contributed by atoms with Gasteiger partial charge in [-0.2, -0.15) is 0 Å². The summed E-state index contributed by atoms with van der Waals surface area (Å²) in [6, 6.07) is 51.3. The summed E-state index contributed by atoms with van der Waals surface area (Å²) in [6.45, 7) is 10.5. The zero-order valence-corrected chi connectivity index (χ0v) is 31.4. The van der Waals surface area contributed by atoms with E-state index in [1.54, 1.807) is 11.8 Å². The van der Waals surface area contributed by atoms with E-state index in [9.17, 15) is 4.79 Å². The van der Waals surface area contributed by atoms with Crippen LogP contribution in [-0.2, 0) is 29.0 Å². The van der Waals surface area contributed by atoms with Gasteiger partial charge in [0.2, 0.25) is 0 Å². The number of nitrogens with zero attached hydrogens (tertiary/aromatic N) is 1. The predicted molar refractivity (Wildman–Crippen MR) is 214 cm³/mol. The minimum Gasteiger partial charge on any atom is -0.455 e. The first-order valence-corrected chi connectivity index (χ1v) is 19.2. The number of esters is 1. The summed E-state index contributed by atoms with van der Waals surface area (Å²) in [5.74, 6) is -0.336. The fraction of sp³-hybridized carbons (Fsp3) is 0.298. The van der Waals surface area contributed by atoms with Crippen molar-refractivity contribution in [3.05, 3.63) is 178 Å². The topological polar surface area (TPSA) is 29.5 Å². The Bertz CT molecular complexity index is 1840. The Morgan fingerprint density at radius 1 is 0.706 bits per heavy atom. The van der Waals surface area contributed by atoms with Crippen molar-refractivity contribution in [2.24, 2.45) is 5.41 Å². The molecule has 0 fully saturated rings. The number of hydrogen-bond donors (Lipinski definition) is 0. The van der Waals surface area contributed by atoms with E-state index in [-0.39, 0.29) is 17.3 Å². The highest BCUT2D eigenvalue weighted by atomic mass is 32.2. The highest BCUT2D eigenvalue weighted by Gasteiger charge is 2.46. The van der Waals surface area contributed by atoms with Crippen LogP contribution in [0.5, 0.6) is 0 Å². The summed E-state index contributed by atoms with van der Waals surface area (Å²) in [5, 5.41) is 0. The van der Waals surface area contributed by atoms with Gasteiger partial charge in [0.1, 0.15) is 5.60 Å². The zero-order valence-electron chi connectivity index (χ0n) is 30.6. The fourth-order valence-electron chi connectivity index (χ4n) is 7.51. The number of ether oxygens (including phenoxy) is 1. The Labute approximate surface area is 309 Å². The maximum absolute atomic E-state index is 14.8. The fourth-order valence-corrected chi connectivity index (χ4v) is 8.74. The van der Waals surface area contributed by atoms with Crippen molar-refractivity contribution in [1.82, 2.24) is 0 Å². The summed E-state index contributed by atoms with van der Waals surface area (Å²) in [7, 11) is 0. The molecular weight excluding hydrogens is 643 g/mol. The maximum Gasteiger partial charge on any atom is 0.336 e. The summed E-state index contributed by atoms with van der Waals surface area (Å²) in [5.41, 5.74) is 6.07. The highest BCUT2D eigenvalue weighted by molar-refractivity contribution is 8.03. The largest absolute Gasteiger partial charge is 0.455 e. The van der Waals surface area contributed by atoms with E-state index < -0.39 is 5.60 Å². The van der Waals surface area contributed by atoms with Gasteiger partial charge in [-0.3, -0.25) is 0 Å². The first-order valence-electron chi connectivity index (χ1n) is 18.4. The number of carbonyl (C=O) groups excluding carboxylic acids is 1. The van der Waals surface area contributed by atoms with Crippen molar-refractivity contribution in [3.8, 4) is 0 Å². The average Bonchev–Trinajstić information content (AvgIpc) is 3.13. The summed E-state index contributed by atoms with van der Waals surface area (Å²) < 4.78 is 6.73. The van der Waals surface area contributed by atoms with Gasteiger partial charge >= 0.3 is 5.97 Å². The molecule has 0 saturated carbocycles. The van der Waals surface area contributed by atoms with E-state index >= 15 is 0 Å². The lowest BCUT2D eigenvalue weighted by Gasteiger charge is -2.43. The molecule has 2 atom stereocenters. The van der Waals surface area contributed by atoms with Gasteiger partial charge in [0.05, 0.1) is 5.57 Å². The zero-order chi connectivity index (χ0) is 35.7. The van der Waals surface area contributed by atoms with Crippen LogP contribution in [0.2, 0.25) is 0 Å². The SMILES string of the molecule is CCC[C@]1(CCc2ccccc2)CC(Sc2ccccc2)=C([C@H](c2cccc(N(Cc3ccccc3)Cc3ccccc3)c2)C(C)(C)C)C(=O)O1. The molecular formula is C47H51NO2S. The molecule has 5 aromatic rings. The van der Waals surface area contributed by atoms with Crippen LogP contribution in [0.15, 0.2) is 161 Å². The van der Waals surface area contributed by atoms with Gasteiger partial charge in [0, 0.05) is 40.9 Å². The first kappa shape index (κ1) is 36.3. The van der Waals surface area contributed by atoms with Crippen LogP contribution in [0.4, 0.5) is 5.69 Å². The lowest BCUT2D eigenvalue weighted by atomic mass is 9.70. The van der Waals surface area contributed by atoms with Gasteiger partial charge in [-0.1, -0.05) is 167 Å². The third-order valence-electron chi connectivity index (χ3n) is 9.87. The molecule has 0 spiro atoms. The highest BCUT2D eigenvalue weighted by Crippen LogP contribution is 2.52. The molecule has 262 valence electrons. The summed E-state index contributed by atoms with van der Waals surface area (Å²) in [6.07, 6.45) is 4.17. The van der Waals surface area contributed by atoms with Crippen LogP contribution >= 0.6 is 11.8 Å². The number of carbonyl (C=O) groups is 1. The number of anilines is 1. The standard InChI is InChI=1S/C47H51NO2S/c1-5-30-47(31-29-36-19-10-6-11-20-36)33-42(51-41-27-16-9-17-28-41)43(45(49)50-47)44(46(2,3)4)39-25-18-26-40(32-39)48(34-37-21-12-7-13-22-37)35-38-23-14-8-15-24-38/h6-28,32,44H,5,29-31,33-35H2,1-4H3/t44-,47-/m0/s1. The lowest BCUT2D eigenvalue weighted by molar-refractivity contribution is -0.159. The Balaban J connectivity index is 1.43. The number of benzene rings is 5. The van der Waals surface area contributed by atoms with Crippen molar-refractivity contribution in [3.63, 3.8) is 0 Å².